The first-order chi connectivity index (χ1) is 8.47. The minimum Gasteiger partial charge on any atom is -0.391 e. The molecule has 12 nitrogen and oxygen atoms in total. The molecular formula is C5H19NO11P3+. The van der Waals surface area contributed by atoms with Crippen molar-refractivity contribution >= 4 is 23.5 Å². The quantitative estimate of drug-likeness (QED) is 0.251. The van der Waals surface area contributed by atoms with E-state index in [1.54, 1.807) is 0 Å². The van der Waals surface area contributed by atoms with Gasteiger partial charge in [0.25, 0.3) is 0 Å². The van der Waals surface area contributed by atoms with E-state index in [2.05, 4.69) is 29.8 Å². The maximum atomic E-state index is 10.4. The Bertz CT molecular complexity index is 390. The summed E-state index contributed by atoms with van der Waals surface area (Å²) in [7, 11) is -10.0. The second-order valence-electron chi connectivity index (χ2n) is 4.35. The molecular weight excluding hydrogens is 343 g/mol. The van der Waals surface area contributed by atoms with Crippen LogP contribution in [0.3, 0.4) is 0 Å². The molecule has 0 unspecified atom stereocenters. The summed E-state index contributed by atoms with van der Waals surface area (Å²) in [6.07, 6.45) is 0. The van der Waals surface area contributed by atoms with E-state index < -0.39 is 23.5 Å². The number of aliphatic hydroxyl groups excluding tert-OH is 1. The first kappa shape index (κ1) is 22.6. The van der Waals surface area contributed by atoms with Crippen molar-refractivity contribution in [2.75, 3.05) is 34.3 Å². The van der Waals surface area contributed by atoms with Gasteiger partial charge in [0.15, 0.2) is 0 Å². The summed E-state index contributed by atoms with van der Waals surface area (Å²) in [5.41, 5.74) is 0. The number of aliphatic hydroxyl groups is 1. The minimum absolute atomic E-state index is 0.281. The van der Waals surface area contributed by atoms with Crippen LogP contribution in [0.4, 0.5) is 0 Å². The molecule has 0 amide bonds. The average molecular weight is 362 g/mol. The molecule has 0 aliphatic rings. The fourth-order valence-electron chi connectivity index (χ4n) is 0.584. The summed E-state index contributed by atoms with van der Waals surface area (Å²) in [6, 6.07) is 0. The maximum Gasteiger partial charge on any atom is 0.490 e. The van der Waals surface area contributed by atoms with E-state index in [1.807, 2.05) is 0 Å². The second kappa shape index (κ2) is 8.09. The SMILES string of the molecule is C[N+](C)(C)CCO.O=P(O)(O)OP(=O)(O)OP(=O)(O)O. The van der Waals surface area contributed by atoms with Crippen LogP contribution in [0.15, 0.2) is 0 Å². The third-order valence-corrected chi connectivity index (χ3v) is 4.54. The van der Waals surface area contributed by atoms with Crippen molar-refractivity contribution in [3.8, 4) is 0 Å². The van der Waals surface area contributed by atoms with Crippen molar-refractivity contribution in [1.29, 1.82) is 0 Å². The van der Waals surface area contributed by atoms with Gasteiger partial charge in [0.2, 0.25) is 0 Å². The summed E-state index contributed by atoms with van der Waals surface area (Å²) in [5, 5.41) is 8.39. The van der Waals surface area contributed by atoms with E-state index in [4.69, 9.17) is 29.6 Å². The lowest BCUT2D eigenvalue weighted by molar-refractivity contribution is -0.870. The molecule has 0 heterocycles. The molecule has 0 aromatic heterocycles. The Kier molecular flexibility index (Phi) is 9.15. The van der Waals surface area contributed by atoms with Crippen LogP contribution in [0.25, 0.3) is 0 Å². The molecule has 20 heavy (non-hydrogen) atoms. The largest absolute Gasteiger partial charge is 0.490 e. The lowest BCUT2D eigenvalue weighted by atomic mass is 10.5. The highest BCUT2D eigenvalue weighted by atomic mass is 31.3. The van der Waals surface area contributed by atoms with Crippen LogP contribution in [0.5, 0.6) is 0 Å². The topological polar surface area (TPSA) is 191 Å². The van der Waals surface area contributed by atoms with E-state index in [0.717, 1.165) is 11.0 Å². The summed E-state index contributed by atoms with van der Waals surface area (Å²) in [6.45, 7) is 1.11. The fraction of sp³-hybridized carbons (Fsp3) is 1.00. The molecule has 0 aliphatic heterocycles. The Labute approximate surface area is 115 Å². The van der Waals surface area contributed by atoms with Gasteiger partial charge in [-0.05, 0) is 0 Å². The highest BCUT2D eigenvalue weighted by Gasteiger charge is 2.38. The Balaban J connectivity index is 0. The molecule has 0 rings (SSSR count). The zero-order valence-corrected chi connectivity index (χ0v) is 13.6. The number of hydrogen-bond donors (Lipinski definition) is 6. The normalized spacial score (nSPS) is 13.7. The number of nitrogens with zero attached hydrogens (tertiary/aromatic N) is 1. The van der Waals surface area contributed by atoms with Crippen molar-refractivity contribution < 1.29 is 56.4 Å². The summed E-state index contributed by atoms with van der Waals surface area (Å²) in [4.78, 5) is 40.2. The highest BCUT2D eigenvalue weighted by molar-refractivity contribution is 7.66. The molecule has 0 saturated carbocycles. The van der Waals surface area contributed by atoms with Gasteiger partial charge in [-0.15, -0.1) is 0 Å². The van der Waals surface area contributed by atoms with E-state index >= 15 is 0 Å². The van der Waals surface area contributed by atoms with Crippen LogP contribution in [-0.4, -0.2) is 68.4 Å². The summed E-state index contributed by atoms with van der Waals surface area (Å²) in [5.74, 6) is 0. The van der Waals surface area contributed by atoms with Crippen LogP contribution >= 0.6 is 23.5 Å². The van der Waals surface area contributed by atoms with E-state index in [1.165, 1.54) is 0 Å². The smallest absolute Gasteiger partial charge is 0.391 e. The van der Waals surface area contributed by atoms with Crippen molar-refractivity contribution in [3.05, 3.63) is 0 Å². The summed E-state index contributed by atoms with van der Waals surface area (Å²) < 4.78 is 37.2. The predicted octanol–water partition coefficient (Wildman–Crippen LogP) is -1.01. The standard InChI is InChI=1S/C5H14NO.H5O10P3/c1-6(2,3)4-5-7;1-11(2,3)9-13(7,8)10-12(4,5)6/h7H,4-5H2,1-3H3;(H,7,8)(H2,1,2,3)(H2,4,5,6)/q+1;. The van der Waals surface area contributed by atoms with Crippen LogP contribution in [-0.2, 0) is 22.3 Å². The van der Waals surface area contributed by atoms with E-state index in [-0.39, 0.29) is 6.61 Å². The van der Waals surface area contributed by atoms with Gasteiger partial charge in [0.05, 0.1) is 27.7 Å². The Morgan fingerprint density at radius 3 is 1.25 bits per heavy atom. The molecule has 0 bridgehead atoms. The zero-order valence-electron chi connectivity index (χ0n) is 10.9. The third-order valence-electron chi connectivity index (χ3n) is 1.19. The minimum atomic E-state index is -5.46. The van der Waals surface area contributed by atoms with Crippen LogP contribution in [0.2, 0.25) is 0 Å². The molecule has 0 atom stereocenters. The van der Waals surface area contributed by atoms with Crippen molar-refractivity contribution in [1.82, 2.24) is 0 Å². The summed E-state index contributed by atoms with van der Waals surface area (Å²) >= 11 is 0. The van der Waals surface area contributed by atoms with Gasteiger partial charge in [0.1, 0.15) is 6.54 Å². The van der Waals surface area contributed by atoms with Crippen molar-refractivity contribution in [2.24, 2.45) is 0 Å². The zero-order chi connectivity index (χ0) is 16.8. The molecule has 15 heteroatoms. The number of hydrogen-bond acceptors (Lipinski definition) is 6. The van der Waals surface area contributed by atoms with E-state index in [9.17, 15) is 13.7 Å². The molecule has 0 fully saturated rings. The van der Waals surface area contributed by atoms with Crippen LogP contribution in [0.1, 0.15) is 0 Å². The lowest BCUT2D eigenvalue weighted by Gasteiger charge is -2.21. The van der Waals surface area contributed by atoms with Crippen LogP contribution < -0.4 is 0 Å². The monoisotopic (exact) mass is 362 g/mol. The molecule has 0 spiro atoms. The number of quaternary nitrogens is 1. The molecule has 0 aromatic rings. The van der Waals surface area contributed by atoms with Gasteiger partial charge in [-0.25, -0.2) is 13.7 Å². The Morgan fingerprint density at radius 1 is 0.850 bits per heavy atom. The van der Waals surface area contributed by atoms with Crippen LogP contribution in [0, 0.1) is 0 Å². The first-order valence-electron chi connectivity index (χ1n) is 4.75. The Morgan fingerprint density at radius 2 is 1.15 bits per heavy atom. The molecule has 124 valence electrons. The van der Waals surface area contributed by atoms with E-state index in [0.29, 0.717) is 0 Å². The van der Waals surface area contributed by atoms with Crippen molar-refractivity contribution in [3.63, 3.8) is 0 Å². The average Bonchev–Trinajstić information content (AvgIpc) is 1.89. The van der Waals surface area contributed by atoms with Gasteiger partial charge < -0.3 is 34.1 Å². The van der Waals surface area contributed by atoms with Gasteiger partial charge >= 0.3 is 23.5 Å². The second-order valence-corrected chi connectivity index (χ2v) is 8.56. The van der Waals surface area contributed by atoms with Gasteiger partial charge in [-0.1, -0.05) is 0 Å². The lowest BCUT2D eigenvalue weighted by Crippen LogP contribution is -2.36. The molecule has 0 saturated heterocycles. The number of likely N-dealkylation sites (N-methyl/N-ethyl adjacent to an activating group) is 1. The number of phosphoric acid groups is 3. The third kappa shape index (κ3) is 20.6. The number of rotatable bonds is 6. The highest BCUT2D eigenvalue weighted by Crippen LogP contribution is 2.64. The molecule has 0 aromatic carbocycles. The van der Waals surface area contributed by atoms with Gasteiger partial charge in [-0.2, -0.15) is 8.62 Å². The predicted molar refractivity (Wildman–Crippen MR) is 66.1 cm³/mol. The fourth-order valence-corrected chi connectivity index (χ4v) is 3.12. The van der Waals surface area contributed by atoms with Gasteiger partial charge in [-0.3, -0.25) is 0 Å². The molecule has 0 aliphatic carbocycles. The maximum absolute atomic E-state index is 10.4. The molecule has 6 N–H and O–H groups in total. The van der Waals surface area contributed by atoms with Gasteiger partial charge in [0, 0.05) is 0 Å². The van der Waals surface area contributed by atoms with Crippen molar-refractivity contribution in [2.45, 2.75) is 0 Å². The first-order valence-corrected chi connectivity index (χ1v) is 9.31. The molecule has 0 radical (unpaired) electrons. The Hall–Kier alpha value is 0.330.